The first-order valence-corrected chi connectivity index (χ1v) is 5.54. The number of carbonyl (C=O) groups is 1. The summed E-state index contributed by atoms with van der Waals surface area (Å²) in [5, 5.41) is 8.97. The Morgan fingerprint density at radius 1 is 1.28 bits per heavy atom. The number of pyridine rings is 1. The summed E-state index contributed by atoms with van der Waals surface area (Å²) >= 11 is 0. The van der Waals surface area contributed by atoms with E-state index in [0.717, 1.165) is 11.1 Å². The minimum atomic E-state index is -1.09. The number of hydrogen-bond acceptors (Lipinski definition) is 3. The van der Waals surface area contributed by atoms with E-state index in [-0.39, 0.29) is 11.4 Å². The lowest BCUT2D eigenvalue weighted by molar-refractivity contribution is 0.0685. The summed E-state index contributed by atoms with van der Waals surface area (Å²) < 4.78 is 5.52. The van der Waals surface area contributed by atoms with Crippen molar-refractivity contribution in [3.8, 4) is 5.75 Å². The minimum Gasteiger partial charge on any atom is -0.486 e. The van der Waals surface area contributed by atoms with Gasteiger partial charge in [0.1, 0.15) is 6.61 Å². The molecule has 92 valence electrons. The Bertz CT molecular complexity index is 566. The summed E-state index contributed by atoms with van der Waals surface area (Å²) in [6.07, 6.45) is 1.43. The highest BCUT2D eigenvalue weighted by atomic mass is 16.5. The number of rotatable bonds is 4. The van der Waals surface area contributed by atoms with Gasteiger partial charge in [-0.25, -0.2) is 9.78 Å². The maximum atomic E-state index is 11.0. The molecule has 1 aromatic heterocycles. The summed E-state index contributed by atoms with van der Waals surface area (Å²) in [5.41, 5.74) is 2.07. The third-order valence-electron chi connectivity index (χ3n) is 2.62. The number of aryl methyl sites for hydroxylation is 1. The van der Waals surface area contributed by atoms with E-state index in [1.54, 1.807) is 12.1 Å². The Morgan fingerprint density at radius 2 is 2.06 bits per heavy atom. The normalized spacial score (nSPS) is 10.1. The van der Waals surface area contributed by atoms with Crippen molar-refractivity contribution in [3.05, 3.63) is 59.4 Å². The third-order valence-corrected chi connectivity index (χ3v) is 2.62. The number of carboxylic acids is 1. The van der Waals surface area contributed by atoms with Crippen LogP contribution in [0.15, 0.2) is 42.6 Å². The summed E-state index contributed by atoms with van der Waals surface area (Å²) in [7, 11) is 0. The second kappa shape index (κ2) is 5.31. The highest BCUT2D eigenvalue weighted by Gasteiger charge is 2.12. The van der Waals surface area contributed by atoms with Gasteiger partial charge in [-0.05, 0) is 30.2 Å². The second-order valence-corrected chi connectivity index (χ2v) is 3.87. The van der Waals surface area contributed by atoms with Gasteiger partial charge in [-0.2, -0.15) is 0 Å². The molecule has 0 aliphatic rings. The van der Waals surface area contributed by atoms with Crippen LogP contribution in [0.5, 0.6) is 5.75 Å². The number of nitrogens with zero attached hydrogens (tertiary/aromatic N) is 1. The van der Waals surface area contributed by atoms with Crippen LogP contribution in [-0.4, -0.2) is 16.1 Å². The van der Waals surface area contributed by atoms with Crippen LogP contribution in [0.3, 0.4) is 0 Å². The molecule has 0 saturated heterocycles. The number of carboxylic acid groups (broad SMARTS) is 1. The molecular formula is C14H13NO3. The molecule has 0 radical (unpaired) electrons. The van der Waals surface area contributed by atoms with Crippen molar-refractivity contribution in [2.24, 2.45) is 0 Å². The predicted octanol–water partition coefficient (Wildman–Crippen LogP) is 2.67. The molecule has 0 unspecified atom stereocenters. The van der Waals surface area contributed by atoms with E-state index in [1.165, 1.54) is 6.20 Å². The molecule has 18 heavy (non-hydrogen) atoms. The van der Waals surface area contributed by atoms with Gasteiger partial charge < -0.3 is 9.84 Å². The average Bonchev–Trinajstić information content (AvgIpc) is 2.38. The van der Waals surface area contributed by atoms with Crippen molar-refractivity contribution in [3.63, 3.8) is 0 Å². The van der Waals surface area contributed by atoms with E-state index in [4.69, 9.17) is 9.84 Å². The largest absolute Gasteiger partial charge is 0.486 e. The van der Waals surface area contributed by atoms with Crippen LogP contribution in [0.2, 0.25) is 0 Å². The Balaban J connectivity index is 2.16. The second-order valence-electron chi connectivity index (χ2n) is 3.87. The Labute approximate surface area is 105 Å². The Kier molecular flexibility index (Phi) is 3.57. The van der Waals surface area contributed by atoms with Crippen molar-refractivity contribution in [2.75, 3.05) is 0 Å². The molecule has 0 fully saturated rings. The molecule has 0 aliphatic carbocycles. The Morgan fingerprint density at radius 3 is 2.78 bits per heavy atom. The highest BCUT2D eigenvalue weighted by Crippen LogP contribution is 2.18. The molecule has 0 spiro atoms. The summed E-state index contributed by atoms with van der Waals surface area (Å²) in [6, 6.07) is 11.1. The molecule has 1 aromatic carbocycles. The molecule has 4 heteroatoms. The first kappa shape index (κ1) is 12.1. The summed E-state index contributed by atoms with van der Waals surface area (Å²) in [5.74, 6) is -0.802. The van der Waals surface area contributed by atoms with E-state index in [9.17, 15) is 4.79 Å². The van der Waals surface area contributed by atoms with Crippen LogP contribution in [0.1, 0.15) is 21.6 Å². The summed E-state index contributed by atoms with van der Waals surface area (Å²) in [6.45, 7) is 2.32. The van der Waals surface area contributed by atoms with Gasteiger partial charge in [0.05, 0.1) is 0 Å². The fourth-order valence-electron chi connectivity index (χ4n) is 1.60. The molecule has 2 aromatic rings. The van der Waals surface area contributed by atoms with Gasteiger partial charge in [-0.15, -0.1) is 0 Å². The highest BCUT2D eigenvalue weighted by molar-refractivity contribution is 5.88. The fraction of sp³-hybridized carbons (Fsp3) is 0.143. The third kappa shape index (κ3) is 2.66. The maximum Gasteiger partial charge on any atom is 0.358 e. The van der Waals surface area contributed by atoms with Gasteiger partial charge in [0.15, 0.2) is 11.4 Å². The summed E-state index contributed by atoms with van der Waals surface area (Å²) in [4.78, 5) is 14.7. The number of aromatic carboxylic acids is 1. The van der Waals surface area contributed by atoms with E-state index in [1.807, 2.05) is 31.2 Å². The number of hydrogen-bond donors (Lipinski definition) is 1. The topological polar surface area (TPSA) is 59.4 Å². The van der Waals surface area contributed by atoms with Crippen LogP contribution in [-0.2, 0) is 6.61 Å². The van der Waals surface area contributed by atoms with E-state index in [2.05, 4.69) is 4.98 Å². The van der Waals surface area contributed by atoms with Crippen LogP contribution < -0.4 is 4.74 Å². The molecule has 1 N–H and O–H groups in total. The fourth-order valence-corrected chi connectivity index (χ4v) is 1.60. The molecule has 0 saturated carbocycles. The first-order chi connectivity index (χ1) is 8.68. The zero-order valence-corrected chi connectivity index (χ0v) is 9.96. The zero-order chi connectivity index (χ0) is 13.0. The standard InChI is InChI=1S/C14H13NO3/c1-10-5-2-3-6-11(10)9-18-12-7-4-8-15-13(12)14(16)17/h2-8H,9H2,1H3,(H,16,17). The SMILES string of the molecule is Cc1ccccc1COc1cccnc1C(=O)O. The van der Waals surface area contributed by atoms with Gasteiger partial charge in [-0.3, -0.25) is 0 Å². The van der Waals surface area contributed by atoms with Gasteiger partial charge in [0.25, 0.3) is 0 Å². The predicted molar refractivity (Wildman–Crippen MR) is 66.7 cm³/mol. The van der Waals surface area contributed by atoms with Crippen molar-refractivity contribution >= 4 is 5.97 Å². The molecule has 4 nitrogen and oxygen atoms in total. The van der Waals surface area contributed by atoms with E-state index in [0.29, 0.717) is 6.61 Å². The number of aromatic nitrogens is 1. The van der Waals surface area contributed by atoms with E-state index < -0.39 is 5.97 Å². The molecule has 1 heterocycles. The maximum absolute atomic E-state index is 11.0. The molecule has 2 rings (SSSR count). The van der Waals surface area contributed by atoms with Gasteiger partial charge in [0.2, 0.25) is 0 Å². The van der Waals surface area contributed by atoms with Crippen molar-refractivity contribution in [2.45, 2.75) is 13.5 Å². The van der Waals surface area contributed by atoms with Crippen LogP contribution in [0.25, 0.3) is 0 Å². The lowest BCUT2D eigenvalue weighted by atomic mass is 10.1. The zero-order valence-electron chi connectivity index (χ0n) is 9.96. The van der Waals surface area contributed by atoms with Crippen LogP contribution in [0, 0.1) is 6.92 Å². The minimum absolute atomic E-state index is 0.0638. The van der Waals surface area contributed by atoms with Gasteiger partial charge in [-0.1, -0.05) is 24.3 Å². The lowest BCUT2D eigenvalue weighted by Gasteiger charge is -2.09. The number of benzene rings is 1. The van der Waals surface area contributed by atoms with Gasteiger partial charge >= 0.3 is 5.97 Å². The first-order valence-electron chi connectivity index (χ1n) is 5.54. The van der Waals surface area contributed by atoms with Crippen molar-refractivity contribution in [1.29, 1.82) is 0 Å². The lowest BCUT2D eigenvalue weighted by Crippen LogP contribution is -2.06. The van der Waals surface area contributed by atoms with Crippen LogP contribution >= 0.6 is 0 Å². The van der Waals surface area contributed by atoms with E-state index >= 15 is 0 Å². The monoisotopic (exact) mass is 243 g/mol. The van der Waals surface area contributed by atoms with Crippen molar-refractivity contribution < 1.29 is 14.6 Å². The number of ether oxygens (including phenoxy) is 1. The molecular weight excluding hydrogens is 230 g/mol. The Hall–Kier alpha value is -2.36. The quantitative estimate of drug-likeness (QED) is 0.896. The molecule has 0 bridgehead atoms. The van der Waals surface area contributed by atoms with Crippen molar-refractivity contribution in [1.82, 2.24) is 4.98 Å². The molecule has 0 aliphatic heterocycles. The average molecular weight is 243 g/mol. The van der Waals surface area contributed by atoms with Crippen LogP contribution in [0.4, 0.5) is 0 Å². The smallest absolute Gasteiger partial charge is 0.358 e. The van der Waals surface area contributed by atoms with Gasteiger partial charge in [0, 0.05) is 6.20 Å². The molecule has 0 atom stereocenters. The molecule has 0 amide bonds.